The van der Waals surface area contributed by atoms with Crippen LogP contribution in [0.2, 0.25) is 0 Å². The molecular weight excluding hydrogens is 200 g/mol. The lowest BCUT2D eigenvalue weighted by Gasteiger charge is -2.11. The van der Waals surface area contributed by atoms with Crippen molar-refractivity contribution in [1.29, 1.82) is 0 Å². The third-order valence-corrected chi connectivity index (χ3v) is 3.00. The summed E-state index contributed by atoms with van der Waals surface area (Å²) in [4.78, 5) is 0. The predicted octanol–water partition coefficient (Wildman–Crippen LogP) is 1.36. The zero-order valence-electron chi connectivity index (χ0n) is 9.77. The molecule has 1 aromatic carbocycles. The van der Waals surface area contributed by atoms with Gasteiger partial charge in [0.1, 0.15) is 0 Å². The highest BCUT2D eigenvalue weighted by atomic mass is 15.3. The van der Waals surface area contributed by atoms with Crippen LogP contribution < -0.4 is 11.3 Å². The molecule has 0 fully saturated rings. The van der Waals surface area contributed by atoms with E-state index in [1.54, 1.807) is 0 Å². The van der Waals surface area contributed by atoms with E-state index in [4.69, 9.17) is 5.84 Å². The molecule has 2 aromatic rings. The van der Waals surface area contributed by atoms with Crippen molar-refractivity contribution in [3.63, 3.8) is 0 Å². The van der Waals surface area contributed by atoms with E-state index in [1.807, 2.05) is 23.9 Å². The van der Waals surface area contributed by atoms with Gasteiger partial charge < -0.3 is 0 Å². The number of nitrogens with zero attached hydrogens (tertiary/aromatic N) is 2. The summed E-state index contributed by atoms with van der Waals surface area (Å²) in [5.74, 6) is 5.50. The highest BCUT2D eigenvalue weighted by Gasteiger charge is 2.12. The number of hydrogen-bond donors (Lipinski definition) is 2. The van der Waals surface area contributed by atoms with Crippen LogP contribution in [-0.4, -0.2) is 15.8 Å². The number of rotatable bonds is 4. The van der Waals surface area contributed by atoms with E-state index in [1.165, 1.54) is 10.9 Å². The fourth-order valence-corrected chi connectivity index (χ4v) is 1.99. The second-order valence-corrected chi connectivity index (χ2v) is 4.06. The minimum atomic E-state index is 0.290. The zero-order valence-corrected chi connectivity index (χ0v) is 9.77. The average Bonchev–Trinajstić information content (AvgIpc) is 2.64. The van der Waals surface area contributed by atoms with Crippen LogP contribution in [0.5, 0.6) is 0 Å². The molecule has 3 N–H and O–H groups in total. The van der Waals surface area contributed by atoms with Gasteiger partial charge in [-0.2, -0.15) is 5.10 Å². The maximum absolute atomic E-state index is 5.50. The Bertz CT molecular complexity index is 471. The summed E-state index contributed by atoms with van der Waals surface area (Å²) in [6, 6.07) is 8.57. The third-order valence-electron chi connectivity index (χ3n) is 3.00. The highest BCUT2D eigenvalue weighted by molar-refractivity contribution is 5.81. The molecule has 2 rings (SSSR count). The van der Waals surface area contributed by atoms with Gasteiger partial charge in [0, 0.05) is 24.9 Å². The molecule has 0 saturated heterocycles. The Morgan fingerprint density at radius 3 is 2.88 bits per heavy atom. The first-order valence-electron chi connectivity index (χ1n) is 5.63. The molecule has 4 nitrogen and oxygen atoms in total. The van der Waals surface area contributed by atoms with Gasteiger partial charge in [-0.3, -0.25) is 16.0 Å². The number of hydrazine groups is 1. The molecule has 0 bridgehead atoms. The summed E-state index contributed by atoms with van der Waals surface area (Å²) < 4.78 is 1.92. The summed E-state index contributed by atoms with van der Waals surface area (Å²) in [6.07, 6.45) is 1.87. The Hall–Kier alpha value is -1.39. The van der Waals surface area contributed by atoms with Gasteiger partial charge in [-0.1, -0.05) is 25.1 Å². The normalized spacial score (nSPS) is 13.2. The molecule has 0 amide bonds. The number of fused-ring (bicyclic) bond motifs is 1. The lowest BCUT2D eigenvalue weighted by molar-refractivity contribution is 0.504. The number of hydrogen-bond acceptors (Lipinski definition) is 3. The van der Waals surface area contributed by atoms with Crippen molar-refractivity contribution in [2.24, 2.45) is 12.9 Å². The van der Waals surface area contributed by atoms with E-state index in [0.717, 1.165) is 18.5 Å². The standard InChI is InChI=1S/C12H18N4/c1-3-9(14-13)8-11-10-6-4-5-7-12(10)16(2)15-11/h4-7,9,14H,3,8,13H2,1-2H3. The summed E-state index contributed by atoms with van der Waals surface area (Å²) in [7, 11) is 1.97. The molecule has 0 aliphatic heterocycles. The molecule has 1 atom stereocenters. The van der Waals surface area contributed by atoms with Crippen LogP contribution >= 0.6 is 0 Å². The minimum Gasteiger partial charge on any atom is -0.271 e. The fourth-order valence-electron chi connectivity index (χ4n) is 1.99. The number of nitrogens with two attached hydrogens (primary N) is 1. The summed E-state index contributed by atoms with van der Waals surface area (Å²) in [6.45, 7) is 2.12. The first-order chi connectivity index (χ1) is 7.76. The van der Waals surface area contributed by atoms with Crippen molar-refractivity contribution < 1.29 is 0 Å². The van der Waals surface area contributed by atoms with Crippen molar-refractivity contribution in [1.82, 2.24) is 15.2 Å². The third kappa shape index (κ3) is 1.94. The topological polar surface area (TPSA) is 55.9 Å². The monoisotopic (exact) mass is 218 g/mol. The second-order valence-electron chi connectivity index (χ2n) is 4.06. The van der Waals surface area contributed by atoms with Crippen LogP contribution in [0.4, 0.5) is 0 Å². The van der Waals surface area contributed by atoms with Crippen molar-refractivity contribution in [3.05, 3.63) is 30.0 Å². The van der Waals surface area contributed by atoms with E-state index in [0.29, 0.717) is 6.04 Å². The number of aromatic nitrogens is 2. The second kappa shape index (κ2) is 4.63. The molecule has 0 aliphatic rings. The average molecular weight is 218 g/mol. The minimum absolute atomic E-state index is 0.290. The first kappa shape index (κ1) is 11.1. The first-order valence-corrected chi connectivity index (χ1v) is 5.63. The van der Waals surface area contributed by atoms with Crippen LogP contribution in [-0.2, 0) is 13.5 Å². The summed E-state index contributed by atoms with van der Waals surface area (Å²) >= 11 is 0. The maximum Gasteiger partial charge on any atom is 0.0719 e. The Morgan fingerprint density at radius 1 is 1.44 bits per heavy atom. The van der Waals surface area contributed by atoms with Crippen LogP contribution in [0.15, 0.2) is 24.3 Å². The van der Waals surface area contributed by atoms with Gasteiger partial charge in [0.15, 0.2) is 0 Å². The smallest absolute Gasteiger partial charge is 0.0719 e. The highest BCUT2D eigenvalue weighted by Crippen LogP contribution is 2.18. The van der Waals surface area contributed by atoms with Gasteiger partial charge in [0.2, 0.25) is 0 Å². The number of benzene rings is 1. The number of nitrogens with one attached hydrogen (secondary N) is 1. The molecular formula is C12H18N4. The molecule has 1 aromatic heterocycles. The Morgan fingerprint density at radius 2 is 2.19 bits per heavy atom. The number of para-hydroxylation sites is 1. The van der Waals surface area contributed by atoms with Gasteiger partial charge in [-0.15, -0.1) is 0 Å². The maximum atomic E-state index is 5.50. The van der Waals surface area contributed by atoms with Crippen LogP contribution in [0.1, 0.15) is 19.0 Å². The lowest BCUT2D eigenvalue weighted by Crippen LogP contribution is -2.36. The Balaban J connectivity index is 2.37. The molecule has 86 valence electrons. The van der Waals surface area contributed by atoms with Gasteiger partial charge in [0.25, 0.3) is 0 Å². The fraction of sp³-hybridized carbons (Fsp3) is 0.417. The largest absolute Gasteiger partial charge is 0.271 e. The molecule has 0 radical (unpaired) electrons. The van der Waals surface area contributed by atoms with E-state index in [9.17, 15) is 0 Å². The van der Waals surface area contributed by atoms with Crippen molar-refractivity contribution in [2.75, 3.05) is 0 Å². The number of aryl methyl sites for hydroxylation is 1. The van der Waals surface area contributed by atoms with Crippen molar-refractivity contribution >= 4 is 10.9 Å². The van der Waals surface area contributed by atoms with Crippen LogP contribution in [0, 0.1) is 0 Å². The van der Waals surface area contributed by atoms with E-state index >= 15 is 0 Å². The van der Waals surface area contributed by atoms with Gasteiger partial charge in [-0.25, -0.2) is 0 Å². The molecule has 0 saturated carbocycles. The van der Waals surface area contributed by atoms with Crippen molar-refractivity contribution in [3.8, 4) is 0 Å². The molecule has 16 heavy (non-hydrogen) atoms. The molecule has 4 heteroatoms. The molecule has 1 heterocycles. The Labute approximate surface area is 95.4 Å². The van der Waals surface area contributed by atoms with E-state index in [2.05, 4.69) is 29.6 Å². The SMILES string of the molecule is CCC(Cc1nn(C)c2ccccc12)NN. The molecule has 0 spiro atoms. The summed E-state index contributed by atoms with van der Waals surface area (Å²) in [5, 5.41) is 5.77. The van der Waals surface area contributed by atoms with Crippen LogP contribution in [0.25, 0.3) is 10.9 Å². The predicted molar refractivity (Wildman–Crippen MR) is 65.8 cm³/mol. The van der Waals surface area contributed by atoms with Crippen LogP contribution in [0.3, 0.4) is 0 Å². The quantitative estimate of drug-likeness (QED) is 0.602. The summed E-state index contributed by atoms with van der Waals surface area (Å²) in [5.41, 5.74) is 5.11. The van der Waals surface area contributed by atoms with Gasteiger partial charge in [-0.05, 0) is 12.5 Å². The molecule has 0 aliphatic carbocycles. The lowest BCUT2D eigenvalue weighted by atomic mass is 10.1. The van der Waals surface area contributed by atoms with Gasteiger partial charge >= 0.3 is 0 Å². The van der Waals surface area contributed by atoms with E-state index in [-0.39, 0.29) is 0 Å². The zero-order chi connectivity index (χ0) is 11.5. The Kier molecular flexibility index (Phi) is 3.22. The molecule has 1 unspecified atom stereocenters. The van der Waals surface area contributed by atoms with E-state index < -0.39 is 0 Å². The van der Waals surface area contributed by atoms with Gasteiger partial charge in [0.05, 0.1) is 11.2 Å². The van der Waals surface area contributed by atoms with Crippen molar-refractivity contribution in [2.45, 2.75) is 25.8 Å².